The number of methoxy groups -OCH3 is 3. The number of benzene rings is 2. The molecule has 2 aromatic rings. The van der Waals surface area contributed by atoms with Crippen LogP contribution in [-0.4, -0.2) is 33.0 Å². The van der Waals surface area contributed by atoms with Crippen LogP contribution in [0.15, 0.2) is 24.3 Å². The zero-order chi connectivity index (χ0) is 18.0. The van der Waals surface area contributed by atoms with Gasteiger partial charge in [-0.15, -0.1) is 0 Å². The second-order valence-electron chi connectivity index (χ2n) is 6.00. The summed E-state index contributed by atoms with van der Waals surface area (Å²) in [6.45, 7) is 0.850. The molecule has 5 nitrogen and oxygen atoms in total. The van der Waals surface area contributed by atoms with Gasteiger partial charge >= 0.3 is 0 Å². The molecular weight excluding hydrogens is 342 g/mol. The molecule has 0 spiro atoms. The zero-order valence-corrected chi connectivity index (χ0v) is 15.3. The first-order valence-corrected chi connectivity index (χ1v) is 8.48. The summed E-state index contributed by atoms with van der Waals surface area (Å²) in [6.07, 6.45) is 1.61. The van der Waals surface area contributed by atoms with Gasteiger partial charge in [0.15, 0.2) is 11.5 Å². The van der Waals surface area contributed by atoms with E-state index in [9.17, 15) is 5.11 Å². The van der Waals surface area contributed by atoms with Crippen LogP contribution in [0.2, 0.25) is 5.02 Å². The topological polar surface area (TPSA) is 60.0 Å². The summed E-state index contributed by atoms with van der Waals surface area (Å²) in [4.78, 5) is 0. The largest absolute Gasteiger partial charge is 0.506 e. The van der Waals surface area contributed by atoms with E-state index in [0.29, 0.717) is 22.3 Å². The lowest BCUT2D eigenvalue weighted by Gasteiger charge is -2.28. The molecule has 0 aliphatic carbocycles. The molecule has 1 aliphatic heterocycles. The van der Waals surface area contributed by atoms with Gasteiger partial charge in [-0.3, -0.25) is 0 Å². The highest BCUT2D eigenvalue weighted by atomic mass is 35.5. The van der Waals surface area contributed by atoms with Crippen molar-refractivity contribution in [3.8, 4) is 23.0 Å². The molecule has 0 saturated carbocycles. The van der Waals surface area contributed by atoms with Gasteiger partial charge in [-0.25, -0.2) is 0 Å². The van der Waals surface area contributed by atoms with Crippen LogP contribution in [-0.2, 0) is 12.8 Å². The number of hydrogen-bond acceptors (Lipinski definition) is 5. The fourth-order valence-corrected chi connectivity index (χ4v) is 3.50. The van der Waals surface area contributed by atoms with E-state index < -0.39 is 0 Å². The lowest BCUT2D eigenvalue weighted by atomic mass is 9.90. The molecule has 1 aliphatic rings. The predicted molar refractivity (Wildman–Crippen MR) is 97.4 cm³/mol. The molecule has 1 atom stereocenters. The highest BCUT2D eigenvalue weighted by Crippen LogP contribution is 2.40. The Morgan fingerprint density at radius 2 is 1.76 bits per heavy atom. The number of phenolic OH excluding ortho intramolecular Hbond substituents is 1. The Hall–Kier alpha value is -2.11. The maximum atomic E-state index is 9.85. The van der Waals surface area contributed by atoms with Crippen LogP contribution in [0.25, 0.3) is 0 Å². The van der Waals surface area contributed by atoms with Crippen molar-refractivity contribution in [2.45, 2.75) is 18.9 Å². The monoisotopic (exact) mass is 363 g/mol. The van der Waals surface area contributed by atoms with Gasteiger partial charge in [0.1, 0.15) is 5.75 Å². The van der Waals surface area contributed by atoms with Crippen molar-refractivity contribution in [1.82, 2.24) is 5.32 Å². The van der Waals surface area contributed by atoms with Gasteiger partial charge in [0.25, 0.3) is 0 Å². The highest BCUT2D eigenvalue weighted by molar-refractivity contribution is 6.32. The fourth-order valence-electron chi connectivity index (χ4n) is 3.32. The summed E-state index contributed by atoms with van der Waals surface area (Å²) >= 11 is 6.11. The van der Waals surface area contributed by atoms with Crippen LogP contribution in [0.1, 0.15) is 22.7 Å². The molecule has 0 radical (unpaired) electrons. The quantitative estimate of drug-likeness (QED) is 0.851. The smallest absolute Gasteiger partial charge is 0.203 e. The van der Waals surface area contributed by atoms with Crippen LogP contribution in [0.3, 0.4) is 0 Å². The number of aromatic hydroxyl groups is 1. The number of fused-ring (bicyclic) bond motifs is 1. The minimum Gasteiger partial charge on any atom is -0.506 e. The van der Waals surface area contributed by atoms with Crippen molar-refractivity contribution >= 4 is 11.6 Å². The van der Waals surface area contributed by atoms with E-state index in [4.69, 9.17) is 25.8 Å². The third kappa shape index (κ3) is 3.48. The van der Waals surface area contributed by atoms with Gasteiger partial charge in [0, 0.05) is 6.04 Å². The molecule has 25 heavy (non-hydrogen) atoms. The summed E-state index contributed by atoms with van der Waals surface area (Å²) < 4.78 is 16.2. The van der Waals surface area contributed by atoms with Gasteiger partial charge in [-0.1, -0.05) is 11.6 Å². The second kappa shape index (κ2) is 7.42. The van der Waals surface area contributed by atoms with Gasteiger partial charge in [-0.05, 0) is 60.3 Å². The van der Waals surface area contributed by atoms with E-state index >= 15 is 0 Å². The van der Waals surface area contributed by atoms with Crippen molar-refractivity contribution in [3.63, 3.8) is 0 Å². The maximum Gasteiger partial charge on any atom is 0.203 e. The lowest BCUT2D eigenvalue weighted by molar-refractivity contribution is 0.323. The summed E-state index contributed by atoms with van der Waals surface area (Å²) in [6, 6.07) is 7.63. The minimum atomic E-state index is 0.102. The maximum absolute atomic E-state index is 9.85. The second-order valence-corrected chi connectivity index (χ2v) is 6.40. The van der Waals surface area contributed by atoms with E-state index in [1.54, 1.807) is 27.4 Å². The first kappa shape index (κ1) is 17.7. The van der Waals surface area contributed by atoms with Gasteiger partial charge < -0.3 is 24.6 Å². The van der Waals surface area contributed by atoms with Crippen molar-refractivity contribution in [2.75, 3.05) is 27.9 Å². The molecule has 0 aromatic heterocycles. The fraction of sp³-hybridized carbons (Fsp3) is 0.368. The number of hydrogen-bond donors (Lipinski definition) is 2. The molecule has 0 unspecified atom stereocenters. The van der Waals surface area contributed by atoms with E-state index in [0.717, 1.165) is 36.1 Å². The minimum absolute atomic E-state index is 0.102. The normalized spacial score (nSPS) is 16.2. The molecule has 0 amide bonds. The number of phenols is 1. The highest BCUT2D eigenvalue weighted by Gasteiger charge is 2.23. The number of nitrogens with one attached hydrogen (secondary N) is 1. The molecular formula is C19H22ClNO4. The van der Waals surface area contributed by atoms with Gasteiger partial charge in [0.05, 0.1) is 26.4 Å². The Labute approximate surface area is 152 Å². The van der Waals surface area contributed by atoms with Crippen molar-refractivity contribution in [3.05, 3.63) is 46.0 Å². The van der Waals surface area contributed by atoms with E-state index in [1.807, 2.05) is 18.2 Å². The Kier molecular flexibility index (Phi) is 5.25. The molecule has 0 saturated heterocycles. The predicted octanol–water partition coefficient (Wildman–Crippen LogP) is 3.50. The van der Waals surface area contributed by atoms with E-state index in [2.05, 4.69) is 5.32 Å². The Bertz CT molecular complexity index is 753. The van der Waals surface area contributed by atoms with Crippen LogP contribution in [0, 0.1) is 0 Å². The standard InChI is InChI=1S/C19H22ClNO4/c1-23-17-7-11(8-18(24-2)19(17)25-3)6-15-13-10-14(20)16(22)9-12(13)4-5-21-15/h7-10,15,21-22H,4-6H2,1-3H3/t15-/m0/s1. The summed E-state index contributed by atoms with van der Waals surface area (Å²) in [5.74, 6) is 1.99. The molecule has 0 bridgehead atoms. The van der Waals surface area contributed by atoms with Crippen molar-refractivity contribution in [2.24, 2.45) is 0 Å². The third-order valence-electron chi connectivity index (χ3n) is 4.53. The van der Waals surface area contributed by atoms with Gasteiger partial charge in [-0.2, -0.15) is 0 Å². The Balaban J connectivity index is 1.95. The molecule has 0 fully saturated rings. The van der Waals surface area contributed by atoms with Crippen molar-refractivity contribution < 1.29 is 19.3 Å². The van der Waals surface area contributed by atoms with Crippen LogP contribution in [0.5, 0.6) is 23.0 Å². The Morgan fingerprint density at radius 3 is 2.36 bits per heavy atom. The molecule has 2 N–H and O–H groups in total. The van der Waals surface area contributed by atoms with Crippen molar-refractivity contribution in [1.29, 1.82) is 0 Å². The van der Waals surface area contributed by atoms with Crippen LogP contribution in [0.4, 0.5) is 0 Å². The van der Waals surface area contributed by atoms with Gasteiger partial charge in [0.2, 0.25) is 5.75 Å². The van der Waals surface area contributed by atoms with Crippen LogP contribution >= 0.6 is 11.6 Å². The first-order valence-electron chi connectivity index (χ1n) is 8.11. The van der Waals surface area contributed by atoms with Crippen LogP contribution < -0.4 is 19.5 Å². The summed E-state index contributed by atoms with van der Waals surface area (Å²) in [5.41, 5.74) is 3.30. The molecule has 1 heterocycles. The lowest BCUT2D eigenvalue weighted by Crippen LogP contribution is -2.31. The summed E-state index contributed by atoms with van der Waals surface area (Å²) in [5, 5.41) is 13.7. The number of rotatable bonds is 5. The molecule has 134 valence electrons. The molecule has 2 aromatic carbocycles. The average Bonchev–Trinajstić information content (AvgIpc) is 2.62. The third-order valence-corrected chi connectivity index (χ3v) is 4.84. The van der Waals surface area contributed by atoms with E-state index in [1.165, 1.54) is 0 Å². The number of halogens is 1. The number of ether oxygens (including phenoxy) is 3. The first-order chi connectivity index (χ1) is 12.1. The zero-order valence-electron chi connectivity index (χ0n) is 14.6. The van der Waals surface area contributed by atoms with E-state index in [-0.39, 0.29) is 11.8 Å². The average molecular weight is 364 g/mol. The summed E-state index contributed by atoms with van der Waals surface area (Å²) in [7, 11) is 4.81. The molecule has 3 rings (SSSR count). The SMILES string of the molecule is COc1cc(C[C@@H]2NCCc3cc(O)c(Cl)cc32)cc(OC)c1OC. The molecule has 6 heteroatoms. The Morgan fingerprint density at radius 1 is 1.08 bits per heavy atom.